The molecule has 1 aromatic heterocycles. The lowest BCUT2D eigenvalue weighted by atomic mass is 10.2. The normalized spacial score (nSPS) is 11.5. The molecule has 3 aromatic rings. The Kier molecular flexibility index (Phi) is 4.88. The van der Waals surface area contributed by atoms with Crippen LogP contribution in [0.2, 0.25) is 0 Å². The van der Waals surface area contributed by atoms with Crippen LogP contribution in [0.1, 0.15) is 0 Å². The number of methoxy groups -OCH3 is 1. The summed E-state index contributed by atoms with van der Waals surface area (Å²) in [5, 5.41) is 3.38. The van der Waals surface area contributed by atoms with Crippen molar-refractivity contribution in [2.24, 2.45) is 0 Å². The molecule has 0 aliphatic rings. The van der Waals surface area contributed by atoms with Crippen LogP contribution in [0, 0.1) is 0 Å². The first-order valence-corrected chi connectivity index (χ1v) is 8.75. The highest BCUT2D eigenvalue weighted by Crippen LogP contribution is 2.36. The van der Waals surface area contributed by atoms with E-state index in [9.17, 15) is 4.79 Å². The minimum atomic E-state index is -2.06. The number of thiazole rings is 1. The fourth-order valence-electron chi connectivity index (χ4n) is 2.13. The molecule has 3 rings (SSSR count). The van der Waals surface area contributed by atoms with Crippen LogP contribution in [0.4, 0.5) is 5.69 Å². The Bertz CT molecular complexity index is 873. The first-order chi connectivity index (χ1) is 11.4. The highest BCUT2D eigenvalue weighted by Gasteiger charge is 2.31. The first kappa shape index (κ1) is 17.3. The van der Waals surface area contributed by atoms with E-state index in [4.69, 9.17) is 39.5 Å². The van der Waals surface area contributed by atoms with Gasteiger partial charge < -0.3 is 10.1 Å². The quantitative estimate of drug-likeness (QED) is 0.607. The summed E-state index contributed by atoms with van der Waals surface area (Å²) in [7, 11) is 1.50. The first-order valence-electron chi connectivity index (χ1n) is 6.80. The number of amides is 1. The number of fused-ring (bicyclic) bond motifs is 1. The van der Waals surface area contributed by atoms with Crippen molar-refractivity contribution in [1.29, 1.82) is 0 Å². The third kappa shape index (κ3) is 3.59. The second kappa shape index (κ2) is 6.76. The van der Waals surface area contributed by atoms with Gasteiger partial charge in [-0.1, -0.05) is 46.9 Å². The number of hydrogen-bond acceptors (Lipinski definition) is 4. The third-order valence-corrected chi connectivity index (χ3v) is 4.85. The summed E-state index contributed by atoms with van der Waals surface area (Å²) >= 11 is 18.4. The van der Waals surface area contributed by atoms with Crippen LogP contribution in [0.25, 0.3) is 20.8 Å². The Hall–Kier alpha value is -1.53. The monoisotopic (exact) mass is 400 g/mol. The molecule has 0 unspecified atom stereocenters. The van der Waals surface area contributed by atoms with Gasteiger partial charge in [-0.25, -0.2) is 4.98 Å². The Morgan fingerprint density at radius 2 is 1.96 bits per heavy atom. The number of carbonyl (C=O) groups is 1. The van der Waals surface area contributed by atoms with Gasteiger partial charge in [0.15, 0.2) is 0 Å². The molecule has 1 N–H and O–H groups in total. The van der Waals surface area contributed by atoms with Gasteiger partial charge in [0.2, 0.25) is 0 Å². The fourth-order valence-corrected chi connectivity index (χ4v) is 3.23. The molecule has 0 saturated heterocycles. The molecule has 1 amide bonds. The second-order valence-corrected chi connectivity index (χ2v) is 8.17. The van der Waals surface area contributed by atoms with Crippen molar-refractivity contribution in [2.75, 3.05) is 12.4 Å². The number of nitrogens with zero attached hydrogens (tertiary/aromatic N) is 1. The fraction of sp³-hybridized carbons (Fsp3) is 0.125. The number of para-hydroxylation sites is 1. The van der Waals surface area contributed by atoms with Crippen LogP contribution in [-0.2, 0) is 4.79 Å². The summed E-state index contributed by atoms with van der Waals surface area (Å²) in [6.45, 7) is 0. The van der Waals surface area contributed by atoms with Crippen molar-refractivity contribution < 1.29 is 9.53 Å². The lowest BCUT2D eigenvalue weighted by Gasteiger charge is -2.14. The zero-order valence-electron chi connectivity index (χ0n) is 12.3. The minimum Gasteiger partial charge on any atom is -0.495 e. The summed E-state index contributed by atoms with van der Waals surface area (Å²) in [4.78, 5) is 16.5. The molecule has 0 aliphatic carbocycles. The SMILES string of the molecule is COc1ccc(-c2nc3ccccc3s2)cc1NC(=O)C(Cl)(Cl)Cl. The number of rotatable bonds is 3. The van der Waals surface area contributed by atoms with Gasteiger partial charge >= 0.3 is 0 Å². The van der Waals surface area contributed by atoms with Gasteiger partial charge in [-0.3, -0.25) is 4.79 Å². The van der Waals surface area contributed by atoms with E-state index < -0.39 is 9.70 Å². The topological polar surface area (TPSA) is 51.2 Å². The molecule has 0 saturated carbocycles. The van der Waals surface area contributed by atoms with Crippen LogP contribution in [0.5, 0.6) is 5.75 Å². The maximum absolute atomic E-state index is 11.9. The number of halogens is 3. The van der Waals surface area contributed by atoms with Crippen molar-refractivity contribution in [2.45, 2.75) is 3.79 Å². The van der Waals surface area contributed by atoms with Crippen molar-refractivity contribution in [3.05, 3.63) is 42.5 Å². The highest BCUT2D eigenvalue weighted by molar-refractivity contribution is 7.21. The molecular weight excluding hydrogens is 391 g/mol. The van der Waals surface area contributed by atoms with Gasteiger partial charge in [0.05, 0.1) is 23.0 Å². The zero-order valence-corrected chi connectivity index (χ0v) is 15.4. The van der Waals surface area contributed by atoms with E-state index in [1.165, 1.54) is 7.11 Å². The van der Waals surface area contributed by atoms with E-state index in [1.807, 2.05) is 30.3 Å². The Morgan fingerprint density at radius 1 is 1.21 bits per heavy atom. The van der Waals surface area contributed by atoms with E-state index in [0.717, 1.165) is 20.8 Å². The van der Waals surface area contributed by atoms with Gasteiger partial charge in [0, 0.05) is 5.56 Å². The lowest BCUT2D eigenvalue weighted by molar-refractivity contribution is -0.115. The molecule has 2 aromatic carbocycles. The molecule has 0 spiro atoms. The molecule has 1 heterocycles. The van der Waals surface area contributed by atoms with E-state index in [1.54, 1.807) is 23.5 Å². The molecule has 4 nitrogen and oxygen atoms in total. The van der Waals surface area contributed by atoms with Crippen LogP contribution in [0.15, 0.2) is 42.5 Å². The molecule has 24 heavy (non-hydrogen) atoms. The van der Waals surface area contributed by atoms with Crippen LogP contribution in [0.3, 0.4) is 0 Å². The highest BCUT2D eigenvalue weighted by atomic mass is 35.6. The maximum atomic E-state index is 11.9. The number of hydrogen-bond donors (Lipinski definition) is 1. The van der Waals surface area contributed by atoms with Crippen molar-refractivity contribution in [3.63, 3.8) is 0 Å². The number of benzene rings is 2. The Labute approximate surface area is 157 Å². The largest absolute Gasteiger partial charge is 0.495 e. The lowest BCUT2D eigenvalue weighted by Crippen LogP contribution is -2.27. The van der Waals surface area contributed by atoms with Crippen molar-refractivity contribution >= 4 is 68.0 Å². The molecular formula is C16H11Cl3N2O2S. The summed E-state index contributed by atoms with van der Waals surface area (Å²) in [6, 6.07) is 13.2. The van der Waals surface area contributed by atoms with Crippen molar-refractivity contribution in [3.8, 4) is 16.3 Å². The van der Waals surface area contributed by atoms with E-state index >= 15 is 0 Å². The maximum Gasteiger partial charge on any atom is 0.276 e. The Balaban J connectivity index is 2.00. The molecule has 0 aliphatic heterocycles. The number of alkyl halides is 3. The molecule has 0 radical (unpaired) electrons. The smallest absolute Gasteiger partial charge is 0.276 e. The zero-order chi connectivity index (χ0) is 17.3. The standard InChI is InChI=1S/C16H11Cl3N2O2S/c1-23-12-7-6-9(8-11(12)21-15(22)16(17,18)19)14-20-10-4-2-3-5-13(10)24-14/h2-8H,1H3,(H,21,22). The molecule has 0 fully saturated rings. The number of carbonyl (C=O) groups excluding carboxylic acids is 1. The summed E-state index contributed by atoms with van der Waals surface area (Å²) < 4.78 is 4.27. The van der Waals surface area contributed by atoms with Crippen LogP contribution < -0.4 is 10.1 Å². The average Bonchev–Trinajstić information content (AvgIpc) is 2.98. The van der Waals surface area contributed by atoms with Gasteiger partial charge in [-0.15, -0.1) is 11.3 Å². The number of ether oxygens (including phenoxy) is 1. The van der Waals surface area contributed by atoms with Gasteiger partial charge in [0.1, 0.15) is 10.8 Å². The van der Waals surface area contributed by atoms with E-state index in [2.05, 4.69) is 10.3 Å². The second-order valence-electron chi connectivity index (χ2n) is 4.85. The predicted octanol–water partition coefficient (Wildman–Crippen LogP) is 5.28. The third-order valence-electron chi connectivity index (χ3n) is 3.25. The predicted molar refractivity (Wildman–Crippen MR) is 101 cm³/mol. The molecule has 8 heteroatoms. The molecule has 124 valence electrons. The molecule has 0 bridgehead atoms. The minimum absolute atomic E-state index is 0.408. The average molecular weight is 402 g/mol. The van der Waals surface area contributed by atoms with Gasteiger partial charge in [-0.05, 0) is 30.3 Å². The van der Waals surface area contributed by atoms with Crippen LogP contribution in [-0.4, -0.2) is 21.8 Å². The van der Waals surface area contributed by atoms with Crippen molar-refractivity contribution in [1.82, 2.24) is 4.98 Å². The summed E-state index contributed by atoms with van der Waals surface area (Å²) in [5.41, 5.74) is 2.15. The summed E-state index contributed by atoms with van der Waals surface area (Å²) in [6.07, 6.45) is 0. The number of nitrogens with one attached hydrogen (secondary N) is 1. The van der Waals surface area contributed by atoms with Crippen LogP contribution >= 0.6 is 46.1 Å². The number of aromatic nitrogens is 1. The Morgan fingerprint density at radius 3 is 2.62 bits per heavy atom. The molecule has 0 atom stereocenters. The number of anilines is 1. The van der Waals surface area contributed by atoms with E-state index in [-0.39, 0.29) is 0 Å². The summed E-state index contributed by atoms with van der Waals surface area (Å²) in [5.74, 6) is -0.297. The van der Waals surface area contributed by atoms with E-state index in [0.29, 0.717) is 11.4 Å². The van der Waals surface area contributed by atoms with Gasteiger partial charge in [-0.2, -0.15) is 0 Å². The van der Waals surface area contributed by atoms with Gasteiger partial charge in [0.25, 0.3) is 9.70 Å².